The van der Waals surface area contributed by atoms with E-state index < -0.39 is 13.5 Å². The van der Waals surface area contributed by atoms with Crippen LogP contribution in [-0.4, -0.2) is 25.8 Å². The highest BCUT2D eigenvalue weighted by Crippen LogP contribution is 2.19. The fourth-order valence-electron chi connectivity index (χ4n) is 1.84. The molecule has 0 bridgehead atoms. The summed E-state index contributed by atoms with van der Waals surface area (Å²) < 4.78 is 35.8. The summed E-state index contributed by atoms with van der Waals surface area (Å²) in [6.07, 6.45) is -2.56. The lowest BCUT2D eigenvalue weighted by molar-refractivity contribution is 0.137. The van der Waals surface area contributed by atoms with Crippen LogP contribution in [-0.2, 0) is 15.7 Å². The molecule has 1 heterocycles. The zero-order valence-corrected chi connectivity index (χ0v) is 9.95. The third kappa shape index (κ3) is 3.26. The van der Waals surface area contributed by atoms with Gasteiger partial charge in [-0.3, -0.25) is 0 Å². The van der Waals surface area contributed by atoms with Gasteiger partial charge in [-0.1, -0.05) is 24.3 Å². The van der Waals surface area contributed by atoms with E-state index in [2.05, 4.69) is 0 Å². The number of hydrogen-bond acceptors (Lipinski definition) is 2. The summed E-state index contributed by atoms with van der Waals surface area (Å²) >= 11 is 0. The first-order chi connectivity index (χ1) is 7.96. The van der Waals surface area contributed by atoms with Crippen molar-refractivity contribution in [2.24, 2.45) is 0 Å². The van der Waals surface area contributed by atoms with Gasteiger partial charge in [0.2, 0.25) is 6.43 Å². The monoisotopic (exact) mass is 240 g/mol. The molecule has 1 aromatic rings. The predicted molar refractivity (Wildman–Crippen MR) is 62.7 cm³/mol. The summed E-state index contributed by atoms with van der Waals surface area (Å²) in [6, 6.07) is 7.00. The van der Waals surface area contributed by atoms with Crippen LogP contribution in [0.2, 0.25) is 0 Å². The van der Waals surface area contributed by atoms with Crippen LogP contribution >= 0.6 is 0 Å². The fraction of sp³-hybridized carbons (Fsp3) is 0.500. The zero-order chi connectivity index (χ0) is 12.5. The molecule has 0 spiro atoms. The minimum Gasteiger partial charge on any atom is -0.404 e. The second-order valence-electron chi connectivity index (χ2n) is 4.86. The largest absolute Gasteiger partial charge is 0.494 e. The van der Waals surface area contributed by atoms with Crippen molar-refractivity contribution in [1.29, 1.82) is 0 Å². The van der Waals surface area contributed by atoms with Crippen molar-refractivity contribution in [3.63, 3.8) is 0 Å². The molecular formula is C12H15BF2O2. The maximum Gasteiger partial charge on any atom is 0.494 e. The highest BCUT2D eigenvalue weighted by molar-refractivity contribution is 6.61. The second kappa shape index (κ2) is 4.74. The van der Waals surface area contributed by atoms with Crippen LogP contribution in [0.4, 0.5) is 8.78 Å². The average Bonchev–Trinajstić information content (AvgIpc) is 2.58. The first-order valence-electron chi connectivity index (χ1n) is 5.63. The quantitative estimate of drug-likeness (QED) is 0.752. The molecule has 0 saturated carbocycles. The Kier molecular flexibility index (Phi) is 3.49. The Bertz CT molecular complexity index is 396. The van der Waals surface area contributed by atoms with Crippen molar-refractivity contribution in [3.8, 4) is 0 Å². The van der Waals surface area contributed by atoms with Crippen LogP contribution in [0.3, 0.4) is 0 Å². The van der Waals surface area contributed by atoms with Gasteiger partial charge >= 0.3 is 7.12 Å². The molecule has 0 aromatic heterocycles. The molecule has 1 saturated heterocycles. The summed E-state index contributed by atoms with van der Waals surface area (Å²) in [7, 11) is -0.442. The molecule has 1 aliphatic heterocycles. The average molecular weight is 240 g/mol. The smallest absolute Gasteiger partial charge is 0.404 e. The van der Waals surface area contributed by atoms with Gasteiger partial charge in [0.1, 0.15) is 0 Å². The molecule has 0 radical (unpaired) electrons. The molecule has 0 N–H and O–H groups in total. The molecule has 0 atom stereocenters. The normalized spacial score (nSPS) is 19.0. The molecule has 2 rings (SSSR count). The number of halogens is 2. The van der Waals surface area contributed by atoms with Gasteiger partial charge in [0.05, 0.1) is 12.2 Å². The van der Waals surface area contributed by atoms with E-state index in [-0.39, 0.29) is 12.0 Å². The number of rotatable bonds is 3. The standard InChI is InChI=1S/C12H15BF2O2/c1-12(2)8-16-13(17-12)10-5-3-4-9(6-10)7-11(14)15/h3-6,11H,7-8H2,1-2H3. The summed E-state index contributed by atoms with van der Waals surface area (Å²) in [6.45, 7) is 4.39. The maximum absolute atomic E-state index is 12.3. The van der Waals surface area contributed by atoms with Crippen molar-refractivity contribution >= 4 is 12.6 Å². The SMILES string of the molecule is CC1(C)COB(c2cccc(CC(F)F)c2)O1. The first-order valence-corrected chi connectivity index (χ1v) is 5.63. The van der Waals surface area contributed by atoms with Crippen molar-refractivity contribution in [2.45, 2.75) is 32.3 Å². The molecule has 1 fully saturated rings. The third-order valence-corrected chi connectivity index (χ3v) is 2.62. The number of alkyl halides is 2. The molecular weight excluding hydrogens is 225 g/mol. The number of benzene rings is 1. The Hall–Kier alpha value is -0.935. The van der Waals surface area contributed by atoms with Gasteiger partial charge in [0.15, 0.2) is 0 Å². The van der Waals surface area contributed by atoms with Gasteiger partial charge in [0, 0.05) is 6.42 Å². The van der Waals surface area contributed by atoms with Crippen LogP contribution in [0.5, 0.6) is 0 Å². The molecule has 1 aromatic carbocycles. The van der Waals surface area contributed by atoms with E-state index in [0.29, 0.717) is 12.2 Å². The van der Waals surface area contributed by atoms with Gasteiger partial charge in [-0.05, 0) is 24.9 Å². The van der Waals surface area contributed by atoms with Gasteiger partial charge < -0.3 is 9.31 Å². The Morgan fingerprint density at radius 2 is 2.18 bits per heavy atom. The summed E-state index contributed by atoms with van der Waals surface area (Å²) in [5.41, 5.74) is 1.09. The van der Waals surface area contributed by atoms with E-state index in [1.165, 1.54) is 0 Å². The highest BCUT2D eigenvalue weighted by atomic mass is 19.3. The van der Waals surface area contributed by atoms with E-state index in [1.54, 1.807) is 18.2 Å². The Balaban J connectivity index is 2.11. The molecule has 0 aliphatic carbocycles. The van der Waals surface area contributed by atoms with Gasteiger partial charge in [-0.15, -0.1) is 0 Å². The maximum atomic E-state index is 12.3. The topological polar surface area (TPSA) is 18.5 Å². The second-order valence-corrected chi connectivity index (χ2v) is 4.86. The summed E-state index contributed by atoms with van der Waals surface area (Å²) in [5, 5.41) is 0. The van der Waals surface area contributed by atoms with E-state index in [9.17, 15) is 8.78 Å². The lowest BCUT2D eigenvalue weighted by Crippen LogP contribution is -2.34. The zero-order valence-electron chi connectivity index (χ0n) is 9.95. The lowest BCUT2D eigenvalue weighted by Gasteiger charge is -2.15. The minimum atomic E-state index is -2.33. The van der Waals surface area contributed by atoms with Gasteiger partial charge in [-0.2, -0.15) is 0 Å². The van der Waals surface area contributed by atoms with Crippen LogP contribution in [0.15, 0.2) is 24.3 Å². The van der Waals surface area contributed by atoms with Crippen molar-refractivity contribution in [2.75, 3.05) is 6.61 Å². The molecule has 0 unspecified atom stereocenters. The van der Waals surface area contributed by atoms with Crippen LogP contribution in [0.25, 0.3) is 0 Å². The fourth-order valence-corrected chi connectivity index (χ4v) is 1.84. The van der Waals surface area contributed by atoms with Crippen LogP contribution in [0, 0.1) is 0 Å². The molecule has 1 aliphatic rings. The van der Waals surface area contributed by atoms with Gasteiger partial charge in [-0.25, -0.2) is 8.78 Å². The molecule has 17 heavy (non-hydrogen) atoms. The summed E-state index contributed by atoms with van der Waals surface area (Å²) in [4.78, 5) is 0. The predicted octanol–water partition coefficient (Wildman–Crippen LogP) is 2.01. The van der Waals surface area contributed by atoms with Crippen molar-refractivity contribution in [3.05, 3.63) is 29.8 Å². The van der Waals surface area contributed by atoms with E-state index in [0.717, 1.165) is 5.46 Å². The Morgan fingerprint density at radius 1 is 1.41 bits per heavy atom. The van der Waals surface area contributed by atoms with Crippen molar-refractivity contribution < 1.29 is 18.1 Å². The van der Waals surface area contributed by atoms with Crippen molar-refractivity contribution in [1.82, 2.24) is 0 Å². The van der Waals surface area contributed by atoms with E-state index >= 15 is 0 Å². The lowest BCUT2D eigenvalue weighted by atomic mass is 9.78. The minimum absolute atomic E-state index is 0.232. The molecule has 5 heteroatoms. The van der Waals surface area contributed by atoms with Crippen LogP contribution in [0.1, 0.15) is 19.4 Å². The molecule has 0 amide bonds. The Labute approximate surface area is 100 Å². The van der Waals surface area contributed by atoms with Crippen LogP contribution < -0.4 is 5.46 Å². The molecule has 92 valence electrons. The highest BCUT2D eigenvalue weighted by Gasteiger charge is 2.38. The Morgan fingerprint density at radius 3 is 2.76 bits per heavy atom. The first kappa shape index (κ1) is 12.5. The third-order valence-electron chi connectivity index (χ3n) is 2.62. The number of hydrogen-bond donors (Lipinski definition) is 0. The molecule has 2 nitrogen and oxygen atoms in total. The van der Waals surface area contributed by atoms with Gasteiger partial charge in [0.25, 0.3) is 0 Å². The van der Waals surface area contributed by atoms with E-state index in [4.69, 9.17) is 9.31 Å². The van der Waals surface area contributed by atoms with E-state index in [1.807, 2.05) is 19.9 Å². The summed E-state index contributed by atoms with van der Waals surface area (Å²) in [5.74, 6) is 0.